The molecule has 6 heteroatoms. The first kappa shape index (κ1) is 22.6. The van der Waals surface area contributed by atoms with Crippen LogP contribution in [0.3, 0.4) is 0 Å². The number of carbonyl (C=O) groups is 2. The minimum atomic E-state index is -0.462. The Labute approximate surface area is 190 Å². The smallest absolute Gasteiger partial charge is 0.268 e. The van der Waals surface area contributed by atoms with Gasteiger partial charge in [0.25, 0.3) is 11.8 Å². The molecule has 3 aromatic rings. The zero-order chi connectivity index (χ0) is 22.6. The van der Waals surface area contributed by atoms with E-state index in [0.29, 0.717) is 17.1 Å². The molecule has 160 valence electrons. The van der Waals surface area contributed by atoms with Gasteiger partial charge in [-0.1, -0.05) is 45.8 Å². The molecule has 0 fully saturated rings. The van der Waals surface area contributed by atoms with Crippen LogP contribution < -0.4 is 10.6 Å². The number of nitrogens with one attached hydrogen (secondary N) is 2. The number of halogens is 1. The van der Waals surface area contributed by atoms with E-state index in [0.717, 1.165) is 15.6 Å². The van der Waals surface area contributed by atoms with Gasteiger partial charge in [0.1, 0.15) is 17.2 Å². The highest BCUT2D eigenvalue weighted by molar-refractivity contribution is 9.10. The van der Waals surface area contributed by atoms with Crippen molar-refractivity contribution in [2.24, 2.45) is 0 Å². The van der Waals surface area contributed by atoms with Crippen LogP contribution in [0.2, 0.25) is 0 Å². The Morgan fingerprint density at radius 3 is 2.19 bits per heavy atom. The fourth-order valence-electron chi connectivity index (χ4n) is 2.81. The third-order valence-electron chi connectivity index (χ3n) is 4.34. The van der Waals surface area contributed by atoms with E-state index < -0.39 is 11.4 Å². The molecule has 2 aromatic carbocycles. The monoisotopic (exact) mass is 480 g/mol. The number of rotatable bonds is 5. The van der Waals surface area contributed by atoms with Gasteiger partial charge < -0.3 is 15.1 Å². The van der Waals surface area contributed by atoms with Crippen LogP contribution >= 0.6 is 15.9 Å². The number of amides is 2. The number of carbonyl (C=O) groups excluding carboxylic acids is 2. The number of hydrogen-bond acceptors (Lipinski definition) is 3. The SMILES string of the molecule is Cc1ccc(C(=O)NC(=Cc2ccc(-c3ccc(Br)cc3)o2)C(=O)NC(C)(C)C)cc1. The Kier molecular flexibility index (Phi) is 6.81. The lowest BCUT2D eigenvalue weighted by atomic mass is 10.1. The average molecular weight is 481 g/mol. The maximum Gasteiger partial charge on any atom is 0.268 e. The number of furan rings is 1. The van der Waals surface area contributed by atoms with Crippen LogP contribution in [0.1, 0.15) is 42.5 Å². The molecule has 0 saturated heterocycles. The van der Waals surface area contributed by atoms with Crippen LogP contribution in [-0.4, -0.2) is 17.4 Å². The van der Waals surface area contributed by atoms with E-state index in [1.807, 2.05) is 70.2 Å². The molecule has 0 aliphatic rings. The van der Waals surface area contributed by atoms with E-state index in [-0.39, 0.29) is 11.6 Å². The quantitative estimate of drug-likeness (QED) is 0.459. The number of hydrogen-bond donors (Lipinski definition) is 2. The van der Waals surface area contributed by atoms with Gasteiger partial charge in [0.05, 0.1) is 0 Å². The summed E-state index contributed by atoms with van der Waals surface area (Å²) in [6.07, 6.45) is 1.54. The van der Waals surface area contributed by atoms with E-state index in [9.17, 15) is 9.59 Å². The van der Waals surface area contributed by atoms with Crippen molar-refractivity contribution in [1.29, 1.82) is 0 Å². The van der Waals surface area contributed by atoms with Crippen LogP contribution in [0.15, 0.2) is 75.3 Å². The molecule has 0 saturated carbocycles. The summed E-state index contributed by atoms with van der Waals surface area (Å²) in [5, 5.41) is 5.61. The predicted molar refractivity (Wildman–Crippen MR) is 126 cm³/mol. The Hall–Kier alpha value is -3.12. The fraction of sp³-hybridized carbons (Fsp3) is 0.200. The van der Waals surface area contributed by atoms with E-state index >= 15 is 0 Å². The first-order chi connectivity index (χ1) is 14.6. The summed E-state index contributed by atoms with van der Waals surface area (Å²) in [6, 6.07) is 18.5. The number of aryl methyl sites for hydroxylation is 1. The molecule has 31 heavy (non-hydrogen) atoms. The molecule has 3 rings (SSSR count). The van der Waals surface area contributed by atoms with Gasteiger partial charge >= 0.3 is 0 Å². The van der Waals surface area contributed by atoms with Gasteiger partial charge in [0.2, 0.25) is 0 Å². The third kappa shape index (κ3) is 6.43. The molecule has 0 spiro atoms. The van der Waals surface area contributed by atoms with Crippen molar-refractivity contribution in [1.82, 2.24) is 10.6 Å². The van der Waals surface area contributed by atoms with Crippen molar-refractivity contribution in [3.63, 3.8) is 0 Å². The average Bonchev–Trinajstić information content (AvgIpc) is 3.15. The largest absolute Gasteiger partial charge is 0.457 e. The lowest BCUT2D eigenvalue weighted by Crippen LogP contribution is -2.44. The highest BCUT2D eigenvalue weighted by Crippen LogP contribution is 2.25. The van der Waals surface area contributed by atoms with Crippen molar-refractivity contribution < 1.29 is 14.0 Å². The van der Waals surface area contributed by atoms with Gasteiger partial charge in [0, 0.05) is 27.2 Å². The summed E-state index contributed by atoms with van der Waals surface area (Å²) in [6.45, 7) is 7.58. The molecule has 0 unspecified atom stereocenters. The zero-order valence-electron chi connectivity index (χ0n) is 18.0. The standard InChI is InChI=1S/C25H25BrN2O3/c1-16-5-7-18(8-6-16)23(29)27-21(24(30)28-25(2,3)4)15-20-13-14-22(31-20)17-9-11-19(26)12-10-17/h5-15H,1-4H3,(H,27,29)(H,28,30). The molecule has 1 aromatic heterocycles. The molecular weight excluding hydrogens is 456 g/mol. The second-order valence-electron chi connectivity index (χ2n) is 8.29. The minimum Gasteiger partial charge on any atom is -0.457 e. The lowest BCUT2D eigenvalue weighted by Gasteiger charge is -2.21. The lowest BCUT2D eigenvalue weighted by molar-refractivity contribution is -0.119. The molecule has 0 radical (unpaired) electrons. The third-order valence-corrected chi connectivity index (χ3v) is 4.87. The summed E-state index contributed by atoms with van der Waals surface area (Å²) in [4.78, 5) is 25.6. The normalized spacial score (nSPS) is 11.8. The Morgan fingerprint density at radius 1 is 0.935 bits per heavy atom. The van der Waals surface area contributed by atoms with Crippen molar-refractivity contribution in [3.8, 4) is 11.3 Å². The maximum absolute atomic E-state index is 12.9. The molecule has 0 bridgehead atoms. The summed E-state index contributed by atoms with van der Waals surface area (Å²) in [7, 11) is 0. The first-order valence-electron chi connectivity index (χ1n) is 9.89. The second kappa shape index (κ2) is 9.35. The van der Waals surface area contributed by atoms with Crippen LogP contribution in [-0.2, 0) is 4.79 Å². The second-order valence-corrected chi connectivity index (χ2v) is 9.21. The van der Waals surface area contributed by atoms with Gasteiger partial charge in [-0.25, -0.2) is 0 Å². The zero-order valence-corrected chi connectivity index (χ0v) is 19.5. The van der Waals surface area contributed by atoms with Crippen LogP contribution in [0.4, 0.5) is 0 Å². The molecular formula is C25H25BrN2O3. The van der Waals surface area contributed by atoms with Crippen molar-refractivity contribution in [3.05, 3.63) is 87.7 Å². The molecule has 1 heterocycles. The Morgan fingerprint density at radius 2 is 1.58 bits per heavy atom. The van der Waals surface area contributed by atoms with E-state index in [2.05, 4.69) is 26.6 Å². The summed E-state index contributed by atoms with van der Waals surface area (Å²) in [5.41, 5.74) is 2.07. The predicted octanol–water partition coefficient (Wildman–Crippen LogP) is 5.70. The van der Waals surface area contributed by atoms with E-state index in [1.54, 1.807) is 18.2 Å². The fourth-order valence-corrected chi connectivity index (χ4v) is 3.07. The molecule has 2 N–H and O–H groups in total. The van der Waals surface area contributed by atoms with E-state index in [1.165, 1.54) is 6.08 Å². The van der Waals surface area contributed by atoms with Crippen LogP contribution in [0, 0.1) is 6.92 Å². The van der Waals surface area contributed by atoms with Crippen molar-refractivity contribution in [2.45, 2.75) is 33.2 Å². The molecule has 0 aliphatic heterocycles. The maximum atomic E-state index is 12.9. The van der Waals surface area contributed by atoms with Gasteiger partial charge in [-0.15, -0.1) is 0 Å². The summed E-state index contributed by atoms with van der Waals surface area (Å²) in [5.74, 6) is 0.366. The highest BCUT2D eigenvalue weighted by Gasteiger charge is 2.20. The molecule has 0 aliphatic carbocycles. The van der Waals surface area contributed by atoms with Gasteiger partial charge in [0.15, 0.2) is 0 Å². The molecule has 0 atom stereocenters. The minimum absolute atomic E-state index is 0.109. The molecule has 2 amide bonds. The van der Waals surface area contributed by atoms with Crippen LogP contribution in [0.25, 0.3) is 17.4 Å². The summed E-state index contributed by atoms with van der Waals surface area (Å²) < 4.78 is 6.88. The Balaban J connectivity index is 1.89. The topological polar surface area (TPSA) is 71.3 Å². The molecule has 5 nitrogen and oxygen atoms in total. The van der Waals surface area contributed by atoms with Crippen LogP contribution in [0.5, 0.6) is 0 Å². The number of benzene rings is 2. The van der Waals surface area contributed by atoms with E-state index in [4.69, 9.17) is 4.42 Å². The van der Waals surface area contributed by atoms with Crippen molar-refractivity contribution in [2.75, 3.05) is 0 Å². The van der Waals surface area contributed by atoms with Crippen molar-refractivity contribution >= 4 is 33.8 Å². The summed E-state index contributed by atoms with van der Waals surface area (Å²) >= 11 is 3.42. The van der Waals surface area contributed by atoms with Gasteiger partial charge in [-0.3, -0.25) is 9.59 Å². The first-order valence-corrected chi connectivity index (χ1v) is 10.7. The highest BCUT2D eigenvalue weighted by atomic mass is 79.9. The Bertz CT molecular complexity index is 1100. The van der Waals surface area contributed by atoms with Gasteiger partial charge in [-0.05, 0) is 64.1 Å². The van der Waals surface area contributed by atoms with Gasteiger partial charge in [-0.2, -0.15) is 0 Å².